The second kappa shape index (κ2) is 6.22. The van der Waals surface area contributed by atoms with Gasteiger partial charge in [0.25, 0.3) is 0 Å². The summed E-state index contributed by atoms with van der Waals surface area (Å²) in [4.78, 5) is 25.0. The average molecular weight is 284 g/mol. The van der Waals surface area contributed by atoms with Crippen LogP contribution in [0.1, 0.15) is 11.1 Å². The molecule has 0 spiro atoms. The van der Waals surface area contributed by atoms with Gasteiger partial charge < -0.3 is 9.47 Å². The zero-order chi connectivity index (χ0) is 15.3. The number of carbonyl (C=O) groups is 2. The molecule has 108 valence electrons. The van der Waals surface area contributed by atoms with Gasteiger partial charge in [-0.1, -0.05) is 60.7 Å². The summed E-state index contributed by atoms with van der Waals surface area (Å²) < 4.78 is 9.82. The minimum Gasteiger partial charge on any atom is -0.468 e. The first-order valence-electron chi connectivity index (χ1n) is 6.45. The molecule has 0 aliphatic heterocycles. The van der Waals surface area contributed by atoms with Gasteiger partial charge >= 0.3 is 11.9 Å². The first-order chi connectivity index (χ1) is 10.2. The van der Waals surface area contributed by atoms with Crippen LogP contribution in [0.25, 0.3) is 0 Å². The van der Waals surface area contributed by atoms with E-state index < -0.39 is 17.4 Å². The van der Waals surface area contributed by atoms with E-state index in [1.807, 2.05) is 12.1 Å². The maximum Gasteiger partial charge on any atom is 0.332 e. The molecular formula is C17H16O4. The van der Waals surface area contributed by atoms with Crippen LogP contribution in [0.2, 0.25) is 0 Å². The van der Waals surface area contributed by atoms with E-state index in [-0.39, 0.29) is 0 Å². The highest BCUT2D eigenvalue weighted by molar-refractivity contribution is 6.10. The van der Waals surface area contributed by atoms with Crippen LogP contribution in [-0.2, 0) is 24.5 Å². The lowest BCUT2D eigenvalue weighted by Gasteiger charge is -2.29. The minimum atomic E-state index is -1.62. The molecule has 0 atom stereocenters. The quantitative estimate of drug-likeness (QED) is 0.638. The highest BCUT2D eigenvalue weighted by atomic mass is 16.5. The summed E-state index contributed by atoms with van der Waals surface area (Å²) in [7, 11) is 2.51. The number of esters is 2. The number of rotatable bonds is 4. The van der Waals surface area contributed by atoms with E-state index >= 15 is 0 Å². The summed E-state index contributed by atoms with van der Waals surface area (Å²) >= 11 is 0. The van der Waals surface area contributed by atoms with Crippen molar-refractivity contribution in [2.24, 2.45) is 0 Å². The van der Waals surface area contributed by atoms with Gasteiger partial charge in [-0.25, -0.2) is 0 Å². The molecule has 0 N–H and O–H groups in total. The van der Waals surface area contributed by atoms with Crippen molar-refractivity contribution in [1.29, 1.82) is 0 Å². The van der Waals surface area contributed by atoms with Gasteiger partial charge in [-0.15, -0.1) is 0 Å². The molecule has 0 heterocycles. The molecule has 0 aliphatic carbocycles. The van der Waals surface area contributed by atoms with Gasteiger partial charge in [0.05, 0.1) is 14.2 Å². The zero-order valence-electron chi connectivity index (χ0n) is 11.9. The van der Waals surface area contributed by atoms with Crippen LogP contribution in [-0.4, -0.2) is 26.2 Å². The summed E-state index contributed by atoms with van der Waals surface area (Å²) in [5.41, 5.74) is -0.601. The standard InChI is InChI=1S/C17H16O4/c1-20-15(18)17(16(19)21-2,13-9-5-3-6-10-13)14-11-7-4-8-12-14/h3-12H,1-2H3. The molecule has 0 aliphatic rings. The second-order valence-electron chi connectivity index (χ2n) is 4.47. The van der Waals surface area contributed by atoms with E-state index in [2.05, 4.69) is 0 Å². The highest BCUT2D eigenvalue weighted by Gasteiger charge is 2.51. The Bertz CT molecular complexity index is 562. The Kier molecular flexibility index (Phi) is 4.38. The summed E-state index contributed by atoms with van der Waals surface area (Å²) in [5.74, 6) is -1.35. The van der Waals surface area contributed by atoms with Crippen molar-refractivity contribution in [3.05, 3.63) is 71.8 Å². The summed E-state index contributed by atoms with van der Waals surface area (Å²) in [6, 6.07) is 17.5. The molecule has 0 amide bonds. The van der Waals surface area contributed by atoms with Gasteiger partial charge in [-0.3, -0.25) is 9.59 Å². The lowest BCUT2D eigenvalue weighted by Crippen LogP contribution is -2.46. The molecule has 0 radical (unpaired) electrons. The van der Waals surface area contributed by atoms with Crippen LogP contribution in [0.5, 0.6) is 0 Å². The van der Waals surface area contributed by atoms with Gasteiger partial charge in [0.15, 0.2) is 0 Å². The fraction of sp³-hybridized carbons (Fsp3) is 0.176. The molecule has 0 aromatic heterocycles. The Morgan fingerprint density at radius 2 is 1.05 bits per heavy atom. The molecular weight excluding hydrogens is 268 g/mol. The molecule has 0 saturated heterocycles. The summed E-state index contributed by atoms with van der Waals surface area (Å²) in [6.45, 7) is 0. The number of hydrogen-bond donors (Lipinski definition) is 0. The van der Waals surface area contributed by atoms with Crippen molar-refractivity contribution in [2.75, 3.05) is 14.2 Å². The van der Waals surface area contributed by atoms with E-state index in [1.54, 1.807) is 48.5 Å². The van der Waals surface area contributed by atoms with Gasteiger partial charge in [-0.2, -0.15) is 0 Å². The van der Waals surface area contributed by atoms with Crippen molar-refractivity contribution < 1.29 is 19.1 Å². The number of ether oxygens (including phenoxy) is 2. The predicted molar refractivity (Wildman–Crippen MR) is 77.7 cm³/mol. The number of methoxy groups -OCH3 is 2. The SMILES string of the molecule is COC(=O)C(C(=O)OC)(c1ccccc1)c1ccccc1. The summed E-state index contributed by atoms with van der Waals surface area (Å²) in [6.07, 6.45) is 0. The van der Waals surface area contributed by atoms with Crippen molar-refractivity contribution in [3.63, 3.8) is 0 Å². The first kappa shape index (κ1) is 14.8. The highest BCUT2D eigenvalue weighted by Crippen LogP contribution is 2.35. The van der Waals surface area contributed by atoms with Crippen molar-refractivity contribution in [1.82, 2.24) is 0 Å². The molecule has 2 rings (SSSR count). The van der Waals surface area contributed by atoms with E-state index in [1.165, 1.54) is 14.2 Å². The molecule has 0 saturated carbocycles. The third-order valence-corrected chi connectivity index (χ3v) is 3.40. The Balaban J connectivity index is 2.78. The van der Waals surface area contributed by atoms with Gasteiger partial charge in [0.1, 0.15) is 0 Å². The third-order valence-electron chi connectivity index (χ3n) is 3.40. The topological polar surface area (TPSA) is 52.6 Å². The van der Waals surface area contributed by atoms with Crippen LogP contribution in [0.15, 0.2) is 60.7 Å². The molecule has 4 heteroatoms. The maximum absolute atomic E-state index is 12.5. The largest absolute Gasteiger partial charge is 0.468 e. The van der Waals surface area contributed by atoms with Gasteiger partial charge in [0.2, 0.25) is 5.41 Å². The van der Waals surface area contributed by atoms with Crippen LogP contribution < -0.4 is 0 Å². The molecule has 2 aromatic carbocycles. The molecule has 0 fully saturated rings. The van der Waals surface area contributed by atoms with Gasteiger partial charge in [0, 0.05) is 0 Å². The molecule has 21 heavy (non-hydrogen) atoms. The monoisotopic (exact) mass is 284 g/mol. The van der Waals surface area contributed by atoms with Crippen LogP contribution in [0.4, 0.5) is 0 Å². The first-order valence-corrected chi connectivity index (χ1v) is 6.45. The normalized spacial score (nSPS) is 10.8. The predicted octanol–water partition coefficient (Wildman–Crippen LogP) is 2.32. The third kappa shape index (κ3) is 2.40. The smallest absolute Gasteiger partial charge is 0.332 e. The van der Waals surface area contributed by atoms with E-state index in [9.17, 15) is 9.59 Å². The fourth-order valence-electron chi connectivity index (χ4n) is 2.40. The molecule has 4 nitrogen and oxygen atoms in total. The maximum atomic E-state index is 12.5. The Morgan fingerprint density at radius 1 is 0.714 bits per heavy atom. The molecule has 0 bridgehead atoms. The van der Waals surface area contributed by atoms with Crippen molar-refractivity contribution in [3.8, 4) is 0 Å². The van der Waals surface area contributed by atoms with Crippen molar-refractivity contribution >= 4 is 11.9 Å². The lowest BCUT2D eigenvalue weighted by molar-refractivity contribution is -0.159. The van der Waals surface area contributed by atoms with Crippen LogP contribution in [0.3, 0.4) is 0 Å². The summed E-state index contributed by atoms with van der Waals surface area (Å²) in [5, 5.41) is 0. The fourth-order valence-corrected chi connectivity index (χ4v) is 2.40. The average Bonchev–Trinajstić information content (AvgIpc) is 2.57. The number of carbonyl (C=O) groups excluding carboxylic acids is 2. The zero-order valence-corrected chi connectivity index (χ0v) is 11.9. The second-order valence-corrected chi connectivity index (χ2v) is 4.47. The lowest BCUT2D eigenvalue weighted by atomic mass is 9.74. The Hall–Kier alpha value is -2.62. The minimum absolute atomic E-state index is 0.509. The van der Waals surface area contributed by atoms with E-state index in [0.29, 0.717) is 11.1 Å². The Morgan fingerprint density at radius 3 is 1.33 bits per heavy atom. The van der Waals surface area contributed by atoms with Crippen LogP contribution >= 0.6 is 0 Å². The van der Waals surface area contributed by atoms with E-state index in [0.717, 1.165) is 0 Å². The van der Waals surface area contributed by atoms with E-state index in [4.69, 9.17) is 9.47 Å². The van der Waals surface area contributed by atoms with Crippen LogP contribution in [0, 0.1) is 0 Å². The number of benzene rings is 2. The molecule has 2 aromatic rings. The van der Waals surface area contributed by atoms with Gasteiger partial charge in [-0.05, 0) is 11.1 Å². The Labute approximate surface area is 123 Å². The molecule has 0 unspecified atom stereocenters. The van der Waals surface area contributed by atoms with Crippen molar-refractivity contribution in [2.45, 2.75) is 5.41 Å². The number of hydrogen-bond acceptors (Lipinski definition) is 4.